The summed E-state index contributed by atoms with van der Waals surface area (Å²) in [6, 6.07) is 0.0998. The van der Waals surface area contributed by atoms with Crippen molar-refractivity contribution in [1.82, 2.24) is 10.6 Å². The summed E-state index contributed by atoms with van der Waals surface area (Å²) < 4.78 is 0. The number of carboxylic acids is 1. The van der Waals surface area contributed by atoms with Crippen molar-refractivity contribution in [2.24, 2.45) is 11.8 Å². The maximum Gasteiger partial charge on any atom is 0.315 e. The van der Waals surface area contributed by atoms with Crippen LogP contribution in [0.15, 0.2) is 0 Å². The molecule has 0 bridgehead atoms. The van der Waals surface area contributed by atoms with Gasteiger partial charge in [0.25, 0.3) is 0 Å². The molecule has 1 aliphatic rings. The van der Waals surface area contributed by atoms with E-state index in [2.05, 4.69) is 17.6 Å². The van der Waals surface area contributed by atoms with Crippen LogP contribution in [0.3, 0.4) is 0 Å². The zero-order chi connectivity index (χ0) is 13.5. The highest BCUT2D eigenvalue weighted by Gasteiger charge is 2.19. The van der Waals surface area contributed by atoms with Crippen LogP contribution in [0.25, 0.3) is 0 Å². The van der Waals surface area contributed by atoms with Crippen molar-refractivity contribution in [3.05, 3.63) is 0 Å². The van der Waals surface area contributed by atoms with E-state index in [-0.39, 0.29) is 24.4 Å². The number of hydrogen-bond donors (Lipinski definition) is 3. The van der Waals surface area contributed by atoms with Gasteiger partial charge in [-0.05, 0) is 37.5 Å². The first-order valence-electron chi connectivity index (χ1n) is 6.73. The van der Waals surface area contributed by atoms with Crippen LogP contribution in [0.4, 0.5) is 4.79 Å². The number of nitrogens with one attached hydrogen (secondary N) is 2. The zero-order valence-electron chi connectivity index (χ0n) is 11.2. The molecule has 0 heterocycles. The minimum absolute atomic E-state index is 0.0420. The third-order valence-corrected chi connectivity index (χ3v) is 3.49. The molecule has 0 aromatic rings. The Morgan fingerprint density at radius 2 is 1.89 bits per heavy atom. The summed E-state index contributed by atoms with van der Waals surface area (Å²) in [5, 5.41) is 14.3. The molecule has 5 nitrogen and oxygen atoms in total. The van der Waals surface area contributed by atoms with Crippen molar-refractivity contribution in [3.8, 4) is 0 Å². The summed E-state index contributed by atoms with van der Waals surface area (Å²) in [6.45, 7) is 4.46. The van der Waals surface area contributed by atoms with Crippen LogP contribution in [0.1, 0.15) is 46.0 Å². The Bertz CT molecular complexity index is 286. The molecule has 1 aliphatic carbocycles. The maximum atomic E-state index is 11.6. The fraction of sp³-hybridized carbons (Fsp3) is 0.846. The highest BCUT2D eigenvalue weighted by Crippen LogP contribution is 2.23. The number of amides is 2. The van der Waals surface area contributed by atoms with Gasteiger partial charge >= 0.3 is 12.0 Å². The molecule has 0 aromatic heterocycles. The fourth-order valence-electron chi connectivity index (χ4n) is 2.28. The molecule has 1 unspecified atom stereocenters. The molecule has 2 amide bonds. The molecule has 0 aliphatic heterocycles. The number of carboxylic acid groups (broad SMARTS) is 1. The van der Waals surface area contributed by atoms with E-state index in [1.54, 1.807) is 0 Å². The number of carbonyl (C=O) groups excluding carboxylic acids is 1. The molecule has 18 heavy (non-hydrogen) atoms. The first kappa shape index (κ1) is 14.8. The van der Waals surface area contributed by atoms with E-state index in [0.29, 0.717) is 6.54 Å². The second kappa shape index (κ2) is 7.24. The van der Waals surface area contributed by atoms with E-state index in [4.69, 9.17) is 5.11 Å². The summed E-state index contributed by atoms with van der Waals surface area (Å²) in [4.78, 5) is 22.1. The molecule has 0 saturated heterocycles. The molecule has 1 rings (SSSR count). The maximum absolute atomic E-state index is 11.6. The minimum atomic E-state index is -0.828. The molecule has 0 radical (unpaired) electrons. The predicted molar refractivity (Wildman–Crippen MR) is 69.4 cm³/mol. The lowest BCUT2D eigenvalue weighted by Gasteiger charge is -2.27. The van der Waals surface area contributed by atoms with Gasteiger partial charge in [-0.15, -0.1) is 0 Å². The van der Waals surface area contributed by atoms with Gasteiger partial charge in [-0.1, -0.05) is 13.8 Å². The molecule has 1 fully saturated rings. The lowest BCUT2D eigenvalue weighted by molar-refractivity contribution is -0.137. The van der Waals surface area contributed by atoms with Gasteiger partial charge < -0.3 is 15.7 Å². The summed E-state index contributed by atoms with van der Waals surface area (Å²) in [6.07, 6.45) is 4.50. The quantitative estimate of drug-likeness (QED) is 0.703. The van der Waals surface area contributed by atoms with Crippen LogP contribution in [-0.4, -0.2) is 29.7 Å². The molecule has 5 heteroatoms. The Balaban J connectivity index is 2.15. The highest BCUT2D eigenvalue weighted by molar-refractivity contribution is 5.74. The van der Waals surface area contributed by atoms with E-state index >= 15 is 0 Å². The smallest absolute Gasteiger partial charge is 0.315 e. The van der Waals surface area contributed by atoms with Crippen LogP contribution >= 0.6 is 0 Å². The molecular weight excluding hydrogens is 232 g/mol. The molecular formula is C13H24N2O3. The van der Waals surface area contributed by atoms with Gasteiger partial charge in [-0.25, -0.2) is 4.79 Å². The van der Waals surface area contributed by atoms with Gasteiger partial charge in [0.15, 0.2) is 0 Å². The molecule has 3 N–H and O–H groups in total. The Labute approximate surface area is 108 Å². The van der Waals surface area contributed by atoms with Crippen molar-refractivity contribution in [3.63, 3.8) is 0 Å². The lowest BCUT2D eigenvalue weighted by Crippen LogP contribution is -2.44. The normalized spacial score (nSPS) is 25.2. The Morgan fingerprint density at radius 3 is 2.44 bits per heavy atom. The molecule has 1 saturated carbocycles. The summed E-state index contributed by atoms with van der Waals surface area (Å²) in [5.41, 5.74) is 0. The molecule has 0 aromatic carbocycles. The molecule has 104 valence electrons. The fourth-order valence-corrected chi connectivity index (χ4v) is 2.28. The van der Waals surface area contributed by atoms with Gasteiger partial charge in [-0.2, -0.15) is 0 Å². The average molecular weight is 256 g/mol. The van der Waals surface area contributed by atoms with Crippen molar-refractivity contribution in [1.29, 1.82) is 0 Å². The first-order valence-corrected chi connectivity index (χ1v) is 6.73. The van der Waals surface area contributed by atoms with Crippen molar-refractivity contribution in [2.45, 2.75) is 52.0 Å². The van der Waals surface area contributed by atoms with Crippen LogP contribution in [0, 0.1) is 11.8 Å². The topological polar surface area (TPSA) is 78.4 Å². The van der Waals surface area contributed by atoms with Gasteiger partial charge in [-0.3, -0.25) is 4.79 Å². The van der Waals surface area contributed by atoms with Gasteiger partial charge in [0.05, 0.1) is 0 Å². The van der Waals surface area contributed by atoms with Crippen molar-refractivity contribution >= 4 is 12.0 Å². The number of hydrogen-bond acceptors (Lipinski definition) is 2. The Kier molecular flexibility index (Phi) is 5.95. The van der Waals surface area contributed by atoms with Crippen LogP contribution in [0.5, 0.6) is 0 Å². The van der Waals surface area contributed by atoms with Crippen LogP contribution < -0.4 is 10.6 Å². The van der Waals surface area contributed by atoms with E-state index in [0.717, 1.165) is 18.8 Å². The first-order chi connectivity index (χ1) is 8.47. The zero-order valence-corrected chi connectivity index (χ0v) is 11.2. The summed E-state index contributed by atoms with van der Waals surface area (Å²) in [7, 11) is 0. The standard InChI is InChI=1S/C13H24N2O3/c1-9-3-5-11(6-4-9)15-13(18)14-8-10(2)7-12(16)17/h9-11H,3-8H2,1-2H3,(H,16,17)(H2,14,15,18). The molecule has 1 atom stereocenters. The lowest BCUT2D eigenvalue weighted by atomic mass is 9.87. The van der Waals surface area contributed by atoms with Gasteiger partial charge in [0.2, 0.25) is 0 Å². The summed E-state index contributed by atoms with van der Waals surface area (Å²) in [5.74, 6) is -0.104. The second-order valence-corrected chi connectivity index (χ2v) is 5.51. The van der Waals surface area contributed by atoms with E-state index in [9.17, 15) is 9.59 Å². The minimum Gasteiger partial charge on any atom is -0.481 e. The van der Waals surface area contributed by atoms with Gasteiger partial charge in [0.1, 0.15) is 0 Å². The number of rotatable bonds is 5. The highest BCUT2D eigenvalue weighted by atomic mass is 16.4. The SMILES string of the molecule is CC1CCC(NC(=O)NCC(C)CC(=O)O)CC1. The molecule has 0 spiro atoms. The van der Waals surface area contributed by atoms with Crippen molar-refractivity contribution < 1.29 is 14.7 Å². The second-order valence-electron chi connectivity index (χ2n) is 5.51. The van der Waals surface area contributed by atoms with E-state index in [1.165, 1.54) is 12.8 Å². The van der Waals surface area contributed by atoms with Gasteiger partial charge in [0, 0.05) is 19.0 Å². The largest absolute Gasteiger partial charge is 0.481 e. The number of carbonyl (C=O) groups is 2. The van der Waals surface area contributed by atoms with Crippen LogP contribution in [-0.2, 0) is 4.79 Å². The summed E-state index contributed by atoms with van der Waals surface area (Å²) >= 11 is 0. The van der Waals surface area contributed by atoms with Crippen molar-refractivity contribution in [2.75, 3.05) is 6.54 Å². The van der Waals surface area contributed by atoms with E-state index < -0.39 is 5.97 Å². The number of aliphatic carboxylic acids is 1. The predicted octanol–water partition coefficient (Wildman–Crippen LogP) is 1.98. The van der Waals surface area contributed by atoms with Crippen LogP contribution in [0.2, 0.25) is 0 Å². The van der Waals surface area contributed by atoms with E-state index in [1.807, 2.05) is 6.92 Å². The Morgan fingerprint density at radius 1 is 1.28 bits per heavy atom. The number of urea groups is 1. The third kappa shape index (κ3) is 5.89. The monoisotopic (exact) mass is 256 g/mol. The third-order valence-electron chi connectivity index (χ3n) is 3.49. The average Bonchev–Trinajstić information content (AvgIpc) is 2.29. The Hall–Kier alpha value is -1.26.